The predicted molar refractivity (Wildman–Crippen MR) is 82.4 cm³/mol. The van der Waals surface area contributed by atoms with E-state index in [1.54, 1.807) is 0 Å². The van der Waals surface area contributed by atoms with E-state index in [2.05, 4.69) is 28.2 Å². The second kappa shape index (κ2) is 7.40. The monoisotopic (exact) mass is 382 g/mol. The lowest BCUT2D eigenvalue weighted by molar-refractivity contribution is 0.0953. The first-order chi connectivity index (χ1) is 9.27. The van der Waals surface area contributed by atoms with E-state index in [0.717, 1.165) is 19.3 Å². The Kier molecular flexibility index (Phi) is 6.44. The summed E-state index contributed by atoms with van der Waals surface area (Å²) >= 11 is 9.10. The maximum Gasteiger partial charge on any atom is 0.252 e. The summed E-state index contributed by atoms with van der Waals surface area (Å²) in [5.74, 6) is -0.419. The van der Waals surface area contributed by atoms with Gasteiger partial charge in [-0.3, -0.25) is 4.79 Å². The average Bonchev–Trinajstić information content (AvgIpc) is 2.35. The van der Waals surface area contributed by atoms with Gasteiger partial charge in [-0.1, -0.05) is 47.3 Å². The Morgan fingerprint density at radius 1 is 1.40 bits per heavy atom. The van der Waals surface area contributed by atoms with Gasteiger partial charge in [0.05, 0.1) is 10.6 Å². The third-order valence-electron chi connectivity index (χ3n) is 2.62. The summed E-state index contributed by atoms with van der Waals surface area (Å²) in [7, 11) is -3.98. The van der Waals surface area contributed by atoms with Crippen LogP contribution < -0.4 is 10.5 Å². The highest BCUT2D eigenvalue weighted by Crippen LogP contribution is 2.28. The van der Waals surface area contributed by atoms with Crippen LogP contribution in [-0.2, 0) is 10.0 Å². The van der Waals surface area contributed by atoms with E-state index in [-0.39, 0.29) is 15.5 Å². The second-order valence-electron chi connectivity index (χ2n) is 4.27. The highest BCUT2D eigenvalue weighted by atomic mass is 79.9. The zero-order valence-electron chi connectivity index (χ0n) is 10.9. The Balaban J connectivity index is 3.01. The number of nitrogens with one attached hydrogen (secondary N) is 1. The van der Waals surface area contributed by atoms with E-state index in [1.807, 2.05) is 0 Å². The third kappa shape index (κ3) is 4.73. The van der Waals surface area contributed by atoms with Gasteiger partial charge < -0.3 is 5.32 Å². The number of benzene rings is 1. The predicted octanol–water partition coefficient (Wildman–Crippen LogP) is 2.67. The summed E-state index contributed by atoms with van der Waals surface area (Å²) in [4.78, 5) is 11.7. The fraction of sp³-hybridized carbons (Fsp3) is 0.417. The molecular weight excluding hydrogens is 368 g/mol. The molecule has 0 unspecified atom stereocenters. The molecule has 0 saturated carbocycles. The first kappa shape index (κ1) is 17.4. The fourth-order valence-electron chi connectivity index (χ4n) is 1.61. The highest BCUT2D eigenvalue weighted by Gasteiger charge is 2.20. The summed E-state index contributed by atoms with van der Waals surface area (Å²) in [6.45, 7) is 2.58. The minimum absolute atomic E-state index is 0.0848. The number of carbonyl (C=O) groups excluding carboxylic acids is 1. The average molecular weight is 384 g/mol. The molecule has 0 aliphatic rings. The maximum atomic E-state index is 12.0. The van der Waals surface area contributed by atoms with Crippen LogP contribution in [0.4, 0.5) is 0 Å². The lowest BCUT2D eigenvalue weighted by Crippen LogP contribution is -2.25. The van der Waals surface area contributed by atoms with Gasteiger partial charge in [0.15, 0.2) is 0 Å². The van der Waals surface area contributed by atoms with Crippen LogP contribution in [0.5, 0.6) is 0 Å². The van der Waals surface area contributed by atoms with Crippen LogP contribution in [0.3, 0.4) is 0 Å². The van der Waals surface area contributed by atoms with Crippen molar-refractivity contribution in [2.45, 2.75) is 31.1 Å². The zero-order valence-corrected chi connectivity index (χ0v) is 14.1. The van der Waals surface area contributed by atoms with E-state index in [4.69, 9.17) is 16.7 Å². The minimum atomic E-state index is -3.98. The molecule has 1 rings (SSSR count). The number of primary sulfonamides is 1. The van der Waals surface area contributed by atoms with Crippen molar-refractivity contribution in [2.24, 2.45) is 5.14 Å². The standard InChI is InChI=1S/C12H16BrClN2O3S/c1-2-3-4-5-16-12(17)9-6-8(13)7-10(11(9)14)20(15,18)19/h6-7H,2-5H2,1H3,(H,16,17)(H2,15,18,19). The number of hydrogen-bond donors (Lipinski definition) is 2. The van der Waals surface area contributed by atoms with Crippen molar-refractivity contribution in [1.29, 1.82) is 0 Å². The van der Waals surface area contributed by atoms with E-state index in [0.29, 0.717) is 11.0 Å². The number of carbonyl (C=O) groups is 1. The van der Waals surface area contributed by atoms with Crippen molar-refractivity contribution in [1.82, 2.24) is 5.32 Å². The molecule has 5 nitrogen and oxygen atoms in total. The molecule has 0 radical (unpaired) electrons. The summed E-state index contributed by atoms with van der Waals surface area (Å²) in [5, 5.41) is 7.61. The summed E-state index contributed by atoms with van der Waals surface area (Å²) in [6.07, 6.45) is 2.91. The number of rotatable bonds is 6. The number of hydrogen-bond acceptors (Lipinski definition) is 3. The maximum absolute atomic E-state index is 12.0. The smallest absolute Gasteiger partial charge is 0.252 e. The number of sulfonamides is 1. The molecule has 1 amide bonds. The van der Waals surface area contributed by atoms with E-state index in [9.17, 15) is 13.2 Å². The zero-order chi connectivity index (χ0) is 15.3. The topological polar surface area (TPSA) is 89.3 Å². The molecule has 0 bridgehead atoms. The molecule has 1 aromatic carbocycles. The molecule has 0 spiro atoms. The van der Waals surface area contributed by atoms with Gasteiger partial charge in [-0.05, 0) is 18.6 Å². The van der Waals surface area contributed by atoms with Gasteiger partial charge in [-0.15, -0.1) is 0 Å². The van der Waals surface area contributed by atoms with Crippen LogP contribution in [0.15, 0.2) is 21.5 Å². The lowest BCUT2D eigenvalue weighted by atomic mass is 10.2. The van der Waals surface area contributed by atoms with E-state index in [1.165, 1.54) is 12.1 Å². The summed E-state index contributed by atoms with van der Waals surface area (Å²) < 4.78 is 23.3. The molecule has 20 heavy (non-hydrogen) atoms. The van der Waals surface area contributed by atoms with Gasteiger partial charge >= 0.3 is 0 Å². The Bertz CT molecular complexity index is 605. The first-order valence-electron chi connectivity index (χ1n) is 6.07. The normalized spacial score (nSPS) is 11.4. The lowest BCUT2D eigenvalue weighted by Gasteiger charge is -2.10. The van der Waals surface area contributed by atoms with Gasteiger partial charge in [-0.25, -0.2) is 13.6 Å². The molecule has 112 valence electrons. The minimum Gasteiger partial charge on any atom is -0.352 e. The Morgan fingerprint density at radius 2 is 2.05 bits per heavy atom. The van der Waals surface area contributed by atoms with Crippen molar-refractivity contribution < 1.29 is 13.2 Å². The van der Waals surface area contributed by atoms with Crippen LogP contribution in [0.25, 0.3) is 0 Å². The SMILES string of the molecule is CCCCCNC(=O)c1cc(Br)cc(S(N)(=O)=O)c1Cl. The van der Waals surface area contributed by atoms with Gasteiger partial charge in [0.2, 0.25) is 10.0 Å². The molecule has 0 aromatic heterocycles. The van der Waals surface area contributed by atoms with Crippen molar-refractivity contribution >= 4 is 43.5 Å². The van der Waals surface area contributed by atoms with Crippen LogP contribution in [-0.4, -0.2) is 20.9 Å². The molecule has 0 heterocycles. The molecule has 8 heteroatoms. The largest absolute Gasteiger partial charge is 0.352 e. The van der Waals surface area contributed by atoms with E-state index < -0.39 is 15.9 Å². The van der Waals surface area contributed by atoms with Crippen LogP contribution in [0, 0.1) is 0 Å². The Morgan fingerprint density at radius 3 is 2.60 bits per heavy atom. The third-order valence-corrected chi connectivity index (χ3v) is 4.53. The Labute approximate surface area is 132 Å². The summed E-state index contributed by atoms with van der Waals surface area (Å²) in [6, 6.07) is 2.73. The molecular formula is C12H16BrClN2O3S. The Hall–Kier alpha value is -0.630. The summed E-state index contributed by atoms with van der Waals surface area (Å²) in [5.41, 5.74) is 0.0848. The molecule has 0 saturated heterocycles. The molecule has 0 aliphatic carbocycles. The molecule has 3 N–H and O–H groups in total. The van der Waals surface area contributed by atoms with Crippen molar-refractivity contribution in [3.05, 3.63) is 27.2 Å². The molecule has 1 aromatic rings. The van der Waals surface area contributed by atoms with Gasteiger partial charge in [-0.2, -0.15) is 0 Å². The van der Waals surface area contributed by atoms with Crippen LogP contribution in [0.1, 0.15) is 36.5 Å². The van der Waals surface area contributed by atoms with Gasteiger partial charge in [0.25, 0.3) is 5.91 Å². The van der Waals surface area contributed by atoms with Crippen molar-refractivity contribution in [3.63, 3.8) is 0 Å². The highest BCUT2D eigenvalue weighted by molar-refractivity contribution is 9.10. The number of nitrogens with two attached hydrogens (primary N) is 1. The fourth-order valence-corrected chi connectivity index (χ4v) is 3.39. The van der Waals surface area contributed by atoms with Gasteiger partial charge in [0, 0.05) is 11.0 Å². The van der Waals surface area contributed by atoms with Crippen LogP contribution >= 0.6 is 27.5 Å². The van der Waals surface area contributed by atoms with Gasteiger partial charge in [0.1, 0.15) is 4.90 Å². The quantitative estimate of drug-likeness (QED) is 0.740. The molecule has 0 fully saturated rings. The first-order valence-corrected chi connectivity index (χ1v) is 8.79. The van der Waals surface area contributed by atoms with Crippen LogP contribution in [0.2, 0.25) is 5.02 Å². The van der Waals surface area contributed by atoms with Crippen molar-refractivity contribution in [2.75, 3.05) is 6.54 Å². The number of unbranched alkanes of at least 4 members (excludes halogenated alkanes) is 2. The van der Waals surface area contributed by atoms with E-state index >= 15 is 0 Å². The number of halogens is 2. The second-order valence-corrected chi connectivity index (χ2v) is 7.10. The molecule has 0 atom stereocenters. The number of amides is 1. The van der Waals surface area contributed by atoms with Crippen molar-refractivity contribution in [3.8, 4) is 0 Å². The molecule has 0 aliphatic heterocycles.